The molecule has 1 aliphatic rings. The maximum atomic E-state index is 13.1. The number of carboxylic acids is 2. The maximum Gasteiger partial charge on any atom is 0.349 e. The molecule has 178 valence electrons. The number of carbonyl (C=O) groups excluding carboxylic acids is 2. The van der Waals surface area contributed by atoms with Crippen molar-refractivity contribution < 1.29 is 38.9 Å². The Labute approximate surface area is 200 Å². The fourth-order valence-electron chi connectivity index (χ4n) is 4.01. The van der Waals surface area contributed by atoms with Gasteiger partial charge in [-0.2, -0.15) is 0 Å². The van der Waals surface area contributed by atoms with Crippen molar-refractivity contribution in [2.24, 2.45) is 0 Å². The fraction of sp³-hybridized carbons (Fsp3) is 0.185. The molecule has 0 fully saturated rings. The van der Waals surface area contributed by atoms with Gasteiger partial charge in [0.15, 0.2) is 11.6 Å². The zero-order valence-corrected chi connectivity index (χ0v) is 18.5. The Morgan fingerprint density at radius 2 is 1.00 bits per heavy atom. The number of Topliss-reactive ketones (excluding diaryl/α,β-unsaturated/α-hetero) is 2. The van der Waals surface area contributed by atoms with E-state index in [0.29, 0.717) is 17.5 Å². The molecule has 2 unspecified atom stereocenters. The van der Waals surface area contributed by atoms with Crippen LogP contribution in [-0.2, 0) is 9.59 Å². The number of aliphatic carboxylic acids is 2. The lowest BCUT2D eigenvalue weighted by atomic mass is 9.98. The van der Waals surface area contributed by atoms with E-state index in [0.717, 1.165) is 0 Å². The molecule has 0 amide bonds. The molecule has 2 N–H and O–H groups in total. The summed E-state index contributed by atoms with van der Waals surface area (Å²) in [5, 5.41) is 19.5. The highest BCUT2D eigenvalue weighted by Gasteiger charge is 2.33. The van der Waals surface area contributed by atoms with Crippen LogP contribution in [0.4, 0.5) is 0 Å². The summed E-state index contributed by atoms with van der Waals surface area (Å²) in [6.45, 7) is 0. The third-order valence-corrected chi connectivity index (χ3v) is 5.64. The Morgan fingerprint density at radius 3 is 1.34 bits per heavy atom. The van der Waals surface area contributed by atoms with Crippen LogP contribution in [0.15, 0.2) is 72.8 Å². The van der Waals surface area contributed by atoms with Crippen LogP contribution in [0.2, 0.25) is 0 Å². The average molecular weight is 474 g/mol. The number of hydrogen-bond acceptors (Lipinski definition) is 6. The lowest BCUT2D eigenvalue weighted by molar-refractivity contribution is -0.146. The van der Waals surface area contributed by atoms with Crippen LogP contribution >= 0.6 is 0 Å². The van der Waals surface area contributed by atoms with Crippen LogP contribution in [0.1, 0.15) is 63.3 Å². The van der Waals surface area contributed by atoms with Gasteiger partial charge in [-0.05, 0) is 18.6 Å². The van der Waals surface area contributed by atoms with Gasteiger partial charge in [0, 0.05) is 24.0 Å². The molecular formula is C27H22O8. The van der Waals surface area contributed by atoms with Crippen molar-refractivity contribution in [1.82, 2.24) is 0 Å². The minimum atomic E-state index is -1.42. The molecule has 0 saturated heterocycles. The van der Waals surface area contributed by atoms with Crippen molar-refractivity contribution in [2.75, 3.05) is 0 Å². The summed E-state index contributed by atoms with van der Waals surface area (Å²) >= 11 is 0. The molecule has 0 aliphatic heterocycles. The Bertz CT molecular complexity index is 1170. The summed E-state index contributed by atoms with van der Waals surface area (Å²) in [4.78, 5) is 50.0. The average Bonchev–Trinajstić information content (AvgIpc) is 3.00. The van der Waals surface area contributed by atoms with Crippen LogP contribution in [-0.4, -0.2) is 33.7 Å². The molecule has 0 bridgehead atoms. The van der Waals surface area contributed by atoms with Crippen molar-refractivity contribution in [1.29, 1.82) is 0 Å². The largest absolute Gasteiger partial charge is 0.478 e. The van der Waals surface area contributed by atoms with Gasteiger partial charge in [0.1, 0.15) is 11.5 Å². The van der Waals surface area contributed by atoms with Crippen LogP contribution in [0.5, 0.6) is 11.5 Å². The fourth-order valence-corrected chi connectivity index (χ4v) is 4.01. The van der Waals surface area contributed by atoms with Crippen LogP contribution in [0, 0.1) is 0 Å². The number of ketones is 2. The van der Waals surface area contributed by atoms with Crippen molar-refractivity contribution in [2.45, 2.75) is 31.5 Å². The molecule has 3 aromatic rings. The van der Waals surface area contributed by atoms with E-state index in [-0.39, 0.29) is 35.5 Å². The summed E-state index contributed by atoms with van der Waals surface area (Å²) in [5.74, 6) is -3.50. The van der Waals surface area contributed by atoms with Gasteiger partial charge in [-0.1, -0.05) is 60.7 Å². The Morgan fingerprint density at radius 1 is 0.629 bits per heavy atom. The SMILES string of the molecule is O=C1CCCC(=O)c2c(OC(C(=O)O)c3ccccc3)ccc(OC(C(=O)O)c3ccccc3)c21. The van der Waals surface area contributed by atoms with Gasteiger partial charge in [-0.3, -0.25) is 9.59 Å². The molecule has 1 aliphatic carbocycles. The first-order valence-electron chi connectivity index (χ1n) is 11.0. The monoisotopic (exact) mass is 474 g/mol. The molecule has 8 nitrogen and oxygen atoms in total. The second-order valence-electron chi connectivity index (χ2n) is 8.01. The highest BCUT2D eigenvalue weighted by Crippen LogP contribution is 2.39. The Kier molecular flexibility index (Phi) is 6.91. The smallest absolute Gasteiger partial charge is 0.349 e. The molecule has 3 aromatic carbocycles. The first-order valence-corrected chi connectivity index (χ1v) is 11.0. The number of benzene rings is 3. The molecule has 0 saturated carbocycles. The normalized spacial score (nSPS) is 14.9. The van der Waals surface area contributed by atoms with Gasteiger partial charge < -0.3 is 19.7 Å². The standard InChI is InChI=1S/C27H22O8/c28-18-12-7-13-19(29)23-21(35-25(27(32)33)17-10-5-2-6-11-17)15-14-20(22(18)23)34-24(26(30)31)16-8-3-1-4-9-16/h1-6,8-11,14-15,24-25H,7,12-13H2,(H,30,31)(H,32,33). The van der Waals surface area contributed by atoms with Gasteiger partial charge in [0.2, 0.25) is 12.2 Å². The van der Waals surface area contributed by atoms with E-state index in [2.05, 4.69) is 0 Å². The lowest BCUT2D eigenvalue weighted by Gasteiger charge is -2.22. The van der Waals surface area contributed by atoms with E-state index in [9.17, 15) is 29.4 Å². The van der Waals surface area contributed by atoms with Gasteiger partial charge in [0.25, 0.3) is 0 Å². The molecular weight excluding hydrogens is 452 g/mol. The van der Waals surface area contributed by atoms with Gasteiger partial charge in [-0.25, -0.2) is 9.59 Å². The number of ether oxygens (including phenoxy) is 2. The number of fused-ring (bicyclic) bond motifs is 1. The van der Waals surface area contributed by atoms with E-state index in [1.807, 2.05) is 0 Å². The molecule has 0 aromatic heterocycles. The van der Waals surface area contributed by atoms with E-state index in [1.165, 1.54) is 12.1 Å². The van der Waals surface area contributed by atoms with Gasteiger partial charge in [-0.15, -0.1) is 0 Å². The van der Waals surface area contributed by atoms with E-state index < -0.39 is 35.7 Å². The van der Waals surface area contributed by atoms with Crippen LogP contribution in [0.3, 0.4) is 0 Å². The number of hydrogen-bond donors (Lipinski definition) is 2. The Balaban J connectivity index is 1.80. The second-order valence-corrected chi connectivity index (χ2v) is 8.01. The van der Waals surface area contributed by atoms with Crippen molar-refractivity contribution in [3.8, 4) is 11.5 Å². The van der Waals surface area contributed by atoms with E-state index in [4.69, 9.17) is 9.47 Å². The van der Waals surface area contributed by atoms with Crippen molar-refractivity contribution in [3.63, 3.8) is 0 Å². The van der Waals surface area contributed by atoms with Gasteiger partial charge >= 0.3 is 11.9 Å². The van der Waals surface area contributed by atoms with Crippen molar-refractivity contribution >= 4 is 23.5 Å². The highest BCUT2D eigenvalue weighted by atomic mass is 16.5. The number of carbonyl (C=O) groups is 4. The summed E-state index contributed by atoms with van der Waals surface area (Å²) in [6.07, 6.45) is -2.43. The quantitative estimate of drug-likeness (QED) is 0.452. The summed E-state index contributed by atoms with van der Waals surface area (Å²) in [6, 6.07) is 19.1. The predicted octanol–water partition coefficient (Wildman–Crippen LogP) is 4.65. The third-order valence-electron chi connectivity index (χ3n) is 5.64. The first-order chi connectivity index (χ1) is 16.9. The maximum absolute atomic E-state index is 13.1. The topological polar surface area (TPSA) is 127 Å². The molecule has 2 atom stereocenters. The summed E-state index contributed by atoms with van der Waals surface area (Å²) in [7, 11) is 0. The minimum absolute atomic E-state index is 0.0582. The van der Waals surface area contributed by atoms with E-state index >= 15 is 0 Å². The minimum Gasteiger partial charge on any atom is -0.478 e. The number of carboxylic acid groups (broad SMARTS) is 2. The molecule has 4 rings (SSSR count). The summed E-state index contributed by atoms with van der Waals surface area (Å²) in [5.41, 5.74) is 0.529. The zero-order chi connectivity index (χ0) is 24.9. The molecule has 0 heterocycles. The molecule has 0 radical (unpaired) electrons. The zero-order valence-electron chi connectivity index (χ0n) is 18.5. The lowest BCUT2D eigenvalue weighted by Crippen LogP contribution is -2.22. The van der Waals surface area contributed by atoms with Gasteiger partial charge in [0.05, 0.1) is 11.1 Å². The first kappa shape index (κ1) is 23.7. The van der Waals surface area contributed by atoms with Crippen LogP contribution in [0.25, 0.3) is 0 Å². The van der Waals surface area contributed by atoms with Crippen molar-refractivity contribution in [3.05, 3.63) is 95.1 Å². The third kappa shape index (κ3) is 5.06. The molecule has 8 heteroatoms. The summed E-state index contributed by atoms with van der Waals surface area (Å²) < 4.78 is 11.6. The molecule has 35 heavy (non-hydrogen) atoms. The highest BCUT2D eigenvalue weighted by molar-refractivity contribution is 6.13. The number of rotatable bonds is 8. The van der Waals surface area contributed by atoms with Crippen LogP contribution < -0.4 is 9.47 Å². The second kappa shape index (κ2) is 10.2. The Hall–Kier alpha value is -4.46. The van der Waals surface area contributed by atoms with E-state index in [1.54, 1.807) is 60.7 Å². The molecule has 0 spiro atoms. The predicted molar refractivity (Wildman–Crippen MR) is 124 cm³/mol.